The van der Waals surface area contributed by atoms with Crippen molar-refractivity contribution in [1.82, 2.24) is 14.8 Å². The van der Waals surface area contributed by atoms with E-state index in [0.29, 0.717) is 11.1 Å². The quantitative estimate of drug-likeness (QED) is 0.539. The van der Waals surface area contributed by atoms with Crippen molar-refractivity contribution >= 4 is 5.97 Å². The Balaban J connectivity index is 2.08. The van der Waals surface area contributed by atoms with E-state index in [1.165, 1.54) is 7.11 Å². The van der Waals surface area contributed by atoms with Crippen LogP contribution in [0.4, 0.5) is 0 Å². The number of pyridine rings is 1. The van der Waals surface area contributed by atoms with Gasteiger partial charge in [-0.25, -0.2) is 9.48 Å². The highest BCUT2D eigenvalue weighted by Gasteiger charge is 2.10. The molecule has 3 rings (SSSR count). The van der Waals surface area contributed by atoms with Crippen molar-refractivity contribution in [3.05, 3.63) is 77.9 Å². The average Bonchev–Trinajstić information content (AvgIpc) is 3.14. The Hall–Kier alpha value is -3.39. The Kier molecular flexibility index (Phi) is 4.16. The molecule has 0 fully saturated rings. The molecule has 0 aliphatic heterocycles. The van der Waals surface area contributed by atoms with E-state index in [9.17, 15) is 4.79 Å². The van der Waals surface area contributed by atoms with E-state index in [4.69, 9.17) is 4.74 Å². The molecule has 23 heavy (non-hydrogen) atoms. The minimum atomic E-state index is -0.401. The lowest BCUT2D eigenvalue weighted by molar-refractivity contribution is 0.0600. The zero-order chi connectivity index (χ0) is 16.1. The summed E-state index contributed by atoms with van der Waals surface area (Å²) >= 11 is 0. The van der Waals surface area contributed by atoms with Gasteiger partial charge < -0.3 is 4.74 Å². The summed E-state index contributed by atoms with van der Waals surface area (Å²) in [7, 11) is 1.35. The van der Waals surface area contributed by atoms with Crippen LogP contribution in [-0.4, -0.2) is 27.8 Å². The van der Waals surface area contributed by atoms with Gasteiger partial charge in [0, 0.05) is 30.4 Å². The Morgan fingerprint density at radius 3 is 2.78 bits per heavy atom. The van der Waals surface area contributed by atoms with E-state index in [-0.39, 0.29) is 0 Å². The standard InChI is InChI=1S/C18H13N3O2/c1-23-18(22)16-7-8-17(21-11-3-10-20-21)15(12-16)6-5-14-4-2-9-19-13-14/h2-4,7-13H,1H3. The summed E-state index contributed by atoms with van der Waals surface area (Å²) in [5, 5.41) is 4.22. The normalized spacial score (nSPS) is 9.78. The van der Waals surface area contributed by atoms with Crippen LogP contribution in [-0.2, 0) is 4.74 Å². The molecule has 0 bridgehead atoms. The van der Waals surface area contributed by atoms with Gasteiger partial charge in [-0.15, -0.1) is 0 Å². The van der Waals surface area contributed by atoms with Crippen molar-refractivity contribution in [3.8, 4) is 17.5 Å². The summed E-state index contributed by atoms with van der Waals surface area (Å²) in [5.74, 6) is 5.72. The van der Waals surface area contributed by atoms with Crippen molar-refractivity contribution < 1.29 is 9.53 Å². The maximum Gasteiger partial charge on any atom is 0.337 e. The number of methoxy groups -OCH3 is 1. The summed E-state index contributed by atoms with van der Waals surface area (Å²) < 4.78 is 6.47. The van der Waals surface area contributed by atoms with Gasteiger partial charge in [-0.05, 0) is 36.4 Å². The predicted molar refractivity (Wildman–Crippen MR) is 85.1 cm³/mol. The lowest BCUT2D eigenvalue weighted by Crippen LogP contribution is -2.04. The number of aromatic nitrogens is 3. The van der Waals surface area contributed by atoms with E-state index in [1.54, 1.807) is 41.5 Å². The largest absolute Gasteiger partial charge is 0.465 e. The number of ether oxygens (including phenoxy) is 1. The van der Waals surface area contributed by atoms with Crippen molar-refractivity contribution in [2.45, 2.75) is 0 Å². The van der Waals surface area contributed by atoms with Crippen molar-refractivity contribution in [3.63, 3.8) is 0 Å². The zero-order valence-corrected chi connectivity index (χ0v) is 12.4. The Labute approximate surface area is 133 Å². The van der Waals surface area contributed by atoms with E-state index < -0.39 is 5.97 Å². The van der Waals surface area contributed by atoms with Gasteiger partial charge in [0.2, 0.25) is 0 Å². The van der Waals surface area contributed by atoms with Gasteiger partial charge in [0.25, 0.3) is 0 Å². The second-order valence-electron chi connectivity index (χ2n) is 4.67. The van der Waals surface area contributed by atoms with Gasteiger partial charge >= 0.3 is 5.97 Å². The second kappa shape index (κ2) is 6.58. The first-order valence-electron chi connectivity index (χ1n) is 6.92. The lowest BCUT2D eigenvalue weighted by atomic mass is 10.1. The topological polar surface area (TPSA) is 57.0 Å². The van der Waals surface area contributed by atoms with Gasteiger partial charge in [0.1, 0.15) is 0 Å². The molecule has 2 heterocycles. The third-order valence-electron chi connectivity index (χ3n) is 3.17. The number of rotatable bonds is 2. The van der Waals surface area contributed by atoms with Crippen molar-refractivity contribution in [1.29, 1.82) is 0 Å². The molecule has 0 saturated heterocycles. The molecule has 0 aliphatic carbocycles. The smallest absolute Gasteiger partial charge is 0.337 e. The molecule has 0 spiro atoms. The Bertz CT molecular complexity index is 876. The number of carbonyl (C=O) groups is 1. The predicted octanol–water partition coefficient (Wildman–Crippen LogP) is 2.45. The monoisotopic (exact) mass is 303 g/mol. The fraction of sp³-hybridized carbons (Fsp3) is 0.0556. The van der Waals surface area contributed by atoms with Crippen LogP contribution in [0.15, 0.2) is 61.2 Å². The van der Waals surface area contributed by atoms with Crippen molar-refractivity contribution in [2.75, 3.05) is 7.11 Å². The first kappa shape index (κ1) is 14.5. The number of nitrogens with zero attached hydrogens (tertiary/aromatic N) is 3. The number of hydrogen-bond donors (Lipinski definition) is 0. The van der Waals surface area contributed by atoms with Crippen LogP contribution in [0.1, 0.15) is 21.5 Å². The van der Waals surface area contributed by atoms with E-state index >= 15 is 0 Å². The third-order valence-corrected chi connectivity index (χ3v) is 3.17. The third kappa shape index (κ3) is 3.27. The SMILES string of the molecule is COC(=O)c1ccc(-n2cccn2)c(C#Cc2cccnc2)c1. The molecule has 0 amide bonds. The van der Waals surface area contributed by atoms with Gasteiger partial charge in [-0.3, -0.25) is 4.98 Å². The molecule has 2 aromatic heterocycles. The number of carbonyl (C=O) groups excluding carboxylic acids is 1. The fourth-order valence-corrected chi connectivity index (χ4v) is 2.07. The lowest BCUT2D eigenvalue weighted by Gasteiger charge is -2.07. The highest BCUT2D eigenvalue weighted by molar-refractivity contribution is 5.90. The molecule has 0 aliphatic rings. The van der Waals surface area contributed by atoms with Crippen LogP contribution < -0.4 is 0 Å². The summed E-state index contributed by atoms with van der Waals surface area (Å²) in [6, 6.07) is 10.7. The fourth-order valence-electron chi connectivity index (χ4n) is 2.07. The van der Waals surface area contributed by atoms with Gasteiger partial charge in [0.05, 0.1) is 23.9 Å². The van der Waals surface area contributed by atoms with E-state index in [1.807, 2.05) is 24.4 Å². The average molecular weight is 303 g/mol. The summed E-state index contributed by atoms with van der Waals surface area (Å²) in [5.41, 5.74) is 2.71. The summed E-state index contributed by atoms with van der Waals surface area (Å²) in [6.07, 6.45) is 6.89. The highest BCUT2D eigenvalue weighted by Crippen LogP contribution is 2.16. The maximum absolute atomic E-state index is 11.7. The molecule has 0 atom stereocenters. The van der Waals surface area contributed by atoms with Crippen LogP contribution in [0.2, 0.25) is 0 Å². The van der Waals surface area contributed by atoms with E-state index in [0.717, 1.165) is 11.3 Å². The Morgan fingerprint density at radius 2 is 2.09 bits per heavy atom. The van der Waals surface area contributed by atoms with Gasteiger partial charge in [-0.1, -0.05) is 11.8 Å². The van der Waals surface area contributed by atoms with Crippen LogP contribution >= 0.6 is 0 Å². The van der Waals surface area contributed by atoms with E-state index in [2.05, 4.69) is 21.9 Å². The first-order valence-corrected chi connectivity index (χ1v) is 6.92. The van der Waals surface area contributed by atoms with Crippen LogP contribution in [0, 0.1) is 11.8 Å². The van der Waals surface area contributed by atoms with Crippen LogP contribution in [0.5, 0.6) is 0 Å². The molecule has 1 aromatic carbocycles. The molecule has 3 aromatic rings. The van der Waals surface area contributed by atoms with Crippen molar-refractivity contribution in [2.24, 2.45) is 0 Å². The molecule has 112 valence electrons. The zero-order valence-electron chi connectivity index (χ0n) is 12.4. The Morgan fingerprint density at radius 1 is 1.17 bits per heavy atom. The molecule has 0 N–H and O–H groups in total. The van der Waals surface area contributed by atoms with Crippen LogP contribution in [0.25, 0.3) is 5.69 Å². The minimum absolute atomic E-state index is 0.401. The van der Waals surface area contributed by atoms with Crippen LogP contribution in [0.3, 0.4) is 0 Å². The van der Waals surface area contributed by atoms with Gasteiger partial charge in [0.15, 0.2) is 0 Å². The van der Waals surface area contributed by atoms with Gasteiger partial charge in [-0.2, -0.15) is 5.10 Å². The first-order chi connectivity index (χ1) is 11.3. The second-order valence-corrected chi connectivity index (χ2v) is 4.67. The molecule has 0 unspecified atom stereocenters. The molecule has 5 nitrogen and oxygen atoms in total. The molecule has 0 saturated carbocycles. The molecule has 0 radical (unpaired) electrons. The number of hydrogen-bond acceptors (Lipinski definition) is 4. The molecule has 5 heteroatoms. The summed E-state index contributed by atoms with van der Waals surface area (Å²) in [6.45, 7) is 0. The minimum Gasteiger partial charge on any atom is -0.465 e. The maximum atomic E-state index is 11.7. The number of benzene rings is 1. The highest BCUT2D eigenvalue weighted by atomic mass is 16.5. The summed E-state index contributed by atoms with van der Waals surface area (Å²) in [4.78, 5) is 15.8. The molecular weight excluding hydrogens is 290 g/mol. The molecular formula is C18H13N3O2. The number of esters is 1.